The molecule has 0 saturated heterocycles. The van der Waals surface area contributed by atoms with E-state index >= 15 is 0 Å². The molecule has 1 aromatic carbocycles. The zero-order valence-corrected chi connectivity index (χ0v) is 18.2. The summed E-state index contributed by atoms with van der Waals surface area (Å²) in [6.45, 7) is 5.92. The summed E-state index contributed by atoms with van der Waals surface area (Å²) in [4.78, 5) is 29.2. The number of anilines is 1. The van der Waals surface area contributed by atoms with E-state index in [0.717, 1.165) is 5.56 Å². The summed E-state index contributed by atoms with van der Waals surface area (Å²) in [6, 6.07) is 6.89. The van der Waals surface area contributed by atoms with Crippen LogP contribution in [0.25, 0.3) is 0 Å². The van der Waals surface area contributed by atoms with Gasteiger partial charge in [0.15, 0.2) is 0 Å². The fraction of sp³-hybridized carbons (Fsp3) is 0.316. The highest BCUT2D eigenvalue weighted by molar-refractivity contribution is 9.10. The summed E-state index contributed by atoms with van der Waals surface area (Å²) >= 11 is 9.14. The quantitative estimate of drug-likeness (QED) is 0.384. The minimum atomic E-state index is -0.619. The molecule has 2 amide bonds. The molecule has 0 atom stereocenters. The number of hydrogen-bond donors (Lipinski definition) is 4. The van der Waals surface area contributed by atoms with Crippen molar-refractivity contribution in [1.29, 1.82) is 0 Å². The van der Waals surface area contributed by atoms with Crippen LogP contribution >= 0.6 is 27.5 Å². The second-order valence-corrected chi connectivity index (χ2v) is 8.50. The van der Waals surface area contributed by atoms with Gasteiger partial charge in [-0.2, -0.15) is 0 Å². The van der Waals surface area contributed by atoms with Gasteiger partial charge in [-0.25, -0.2) is 10.4 Å². The van der Waals surface area contributed by atoms with Crippen molar-refractivity contribution >= 4 is 45.0 Å². The molecular formula is C19H23BrClN5O2. The van der Waals surface area contributed by atoms with Gasteiger partial charge in [0.2, 0.25) is 5.91 Å². The summed E-state index contributed by atoms with van der Waals surface area (Å²) in [5, 5.41) is 3.24. The molecule has 0 bridgehead atoms. The van der Waals surface area contributed by atoms with E-state index in [2.05, 4.69) is 37.1 Å². The number of carbonyl (C=O) groups excluding carboxylic acids is 2. The Bertz CT molecular complexity index is 866. The second-order valence-electron chi connectivity index (χ2n) is 7.19. The molecule has 0 fully saturated rings. The molecule has 1 heterocycles. The Morgan fingerprint density at radius 1 is 1.25 bits per heavy atom. The first-order valence-corrected chi connectivity index (χ1v) is 9.76. The Morgan fingerprint density at radius 3 is 2.54 bits per heavy atom. The zero-order chi connectivity index (χ0) is 20.9. The van der Waals surface area contributed by atoms with Crippen molar-refractivity contribution in [3.05, 3.63) is 56.8 Å². The standard InChI is InChI=1S/C19H23BrClN5O2/c1-19(2,3)18(28)25-16-12(8-22)6-13(20)7-14(16)17(27)26-24-10-11-4-5-15(21)23-9-11/h4-7,9,24H,8,10,22H2,1-3H3,(H,25,28)(H,26,27). The lowest BCUT2D eigenvalue weighted by atomic mass is 9.95. The monoisotopic (exact) mass is 467 g/mol. The molecule has 0 radical (unpaired) electrons. The predicted molar refractivity (Wildman–Crippen MR) is 114 cm³/mol. The number of nitrogens with one attached hydrogen (secondary N) is 3. The molecule has 150 valence electrons. The average molecular weight is 469 g/mol. The van der Waals surface area contributed by atoms with Crippen molar-refractivity contribution in [1.82, 2.24) is 15.8 Å². The third-order valence-electron chi connectivity index (χ3n) is 3.85. The molecule has 7 nitrogen and oxygen atoms in total. The highest BCUT2D eigenvalue weighted by atomic mass is 79.9. The number of hydrogen-bond acceptors (Lipinski definition) is 5. The van der Waals surface area contributed by atoms with Gasteiger partial charge in [0.25, 0.3) is 5.91 Å². The van der Waals surface area contributed by atoms with Gasteiger partial charge in [-0.3, -0.25) is 15.0 Å². The molecule has 1 aromatic heterocycles. The maximum atomic E-state index is 12.7. The number of nitrogens with two attached hydrogens (primary N) is 1. The number of benzene rings is 1. The van der Waals surface area contributed by atoms with Gasteiger partial charge in [-0.1, -0.05) is 54.4 Å². The van der Waals surface area contributed by atoms with Gasteiger partial charge >= 0.3 is 0 Å². The molecule has 0 aliphatic carbocycles. The van der Waals surface area contributed by atoms with E-state index < -0.39 is 11.3 Å². The van der Waals surface area contributed by atoms with Crippen LogP contribution in [-0.4, -0.2) is 16.8 Å². The molecule has 5 N–H and O–H groups in total. The predicted octanol–water partition coefficient (Wildman–Crippen LogP) is 3.38. The lowest BCUT2D eigenvalue weighted by molar-refractivity contribution is -0.123. The number of amides is 2. The van der Waals surface area contributed by atoms with Crippen molar-refractivity contribution in [2.24, 2.45) is 11.1 Å². The summed E-state index contributed by atoms with van der Waals surface area (Å²) in [5.41, 5.74) is 12.9. The van der Waals surface area contributed by atoms with Crippen LogP contribution < -0.4 is 21.9 Å². The minimum absolute atomic E-state index is 0.170. The molecule has 2 rings (SSSR count). The number of aromatic nitrogens is 1. The maximum Gasteiger partial charge on any atom is 0.267 e. The SMILES string of the molecule is CC(C)(C)C(=O)Nc1c(CN)cc(Br)cc1C(=O)NNCc1ccc(Cl)nc1. The number of halogens is 2. The van der Waals surface area contributed by atoms with Gasteiger partial charge < -0.3 is 11.1 Å². The summed E-state index contributed by atoms with van der Waals surface area (Å²) < 4.78 is 0.689. The van der Waals surface area contributed by atoms with E-state index in [-0.39, 0.29) is 12.5 Å². The molecule has 0 saturated carbocycles. The second kappa shape index (κ2) is 9.47. The molecule has 9 heteroatoms. The van der Waals surface area contributed by atoms with E-state index in [0.29, 0.717) is 33.0 Å². The van der Waals surface area contributed by atoms with Crippen molar-refractivity contribution in [3.63, 3.8) is 0 Å². The van der Waals surface area contributed by atoms with E-state index in [1.165, 1.54) is 0 Å². The molecule has 2 aromatic rings. The Hall–Kier alpha value is -2.00. The average Bonchev–Trinajstić information content (AvgIpc) is 2.63. The number of pyridine rings is 1. The Balaban J connectivity index is 2.19. The van der Waals surface area contributed by atoms with E-state index in [4.69, 9.17) is 17.3 Å². The first kappa shape index (κ1) is 22.3. The molecular weight excluding hydrogens is 446 g/mol. The van der Waals surface area contributed by atoms with Crippen LogP contribution in [0.5, 0.6) is 0 Å². The third kappa shape index (κ3) is 6.00. The smallest absolute Gasteiger partial charge is 0.267 e. The first-order valence-electron chi connectivity index (χ1n) is 8.59. The van der Waals surface area contributed by atoms with Crippen molar-refractivity contribution in [2.45, 2.75) is 33.9 Å². The number of carbonyl (C=O) groups is 2. The first-order chi connectivity index (χ1) is 13.1. The van der Waals surface area contributed by atoms with Gasteiger partial charge in [-0.15, -0.1) is 0 Å². The topological polar surface area (TPSA) is 109 Å². The molecule has 0 unspecified atom stereocenters. The van der Waals surface area contributed by atoms with Crippen molar-refractivity contribution in [2.75, 3.05) is 5.32 Å². The van der Waals surface area contributed by atoms with Gasteiger partial charge in [0.1, 0.15) is 5.15 Å². The third-order valence-corrected chi connectivity index (χ3v) is 4.53. The zero-order valence-electron chi connectivity index (χ0n) is 15.9. The lowest BCUT2D eigenvalue weighted by Gasteiger charge is -2.21. The fourth-order valence-electron chi connectivity index (χ4n) is 2.26. The number of rotatable bonds is 6. The Kier molecular flexibility index (Phi) is 7.54. The van der Waals surface area contributed by atoms with Gasteiger partial charge in [0, 0.05) is 29.2 Å². The molecule has 0 spiro atoms. The summed E-state index contributed by atoms with van der Waals surface area (Å²) in [5.74, 6) is -0.610. The van der Waals surface area contributed by atoms with Crippen LogP contribution in [0.4, 0.5) is 5.69 Å². The van der Waals surface area contributed by atoms with Crippen molar-refractivity contribution < 1.29 is 9.59 Å². The highest BCUT2D eigenvalue weighted by Crippen LogP contribution is 2.28. The fourth-order valence-corrected chi connectivity index (χ4v) is 2.87. The molecule has 0 aliphatic rings. The summed E-state index contributed by atoms with van der Waals surface area (Å²) in [7, 11) is 0. The normalized spacial score (nSPS) is 11.2. The van der Waals surface area contributed by atoms with Crippen LogP contribution in [0.1, 0.15) is 42.3 Å². The van der Waals surface area contributed by atoms with Crippen molar-refractivity contribution in [3.8, 4) is 0 Å². The summed E-state index contributed by atoms with van der Waals surface area (Å²) in [6.07, 6.45) is 1.61. The van der Waals surface area contributed by atoms with Crippen LogP contribution in [0.2, 0.25) is 5.15 Å². The Morgan fingerprint density at radius 2 is 1.96 bits per heavy atom. The van der Waals surface area contributed by atoms with Crippen LogP contribution in [-0.2, 0) is 17.9 Å². The van der Waals surface area contributed by atoms with E-state index in [9.17, 15) is 9.59 Å². The number of nitrogens with zero attached hydrogens (tertiary/aromatic N) is 1. The minimum Gasteiger partial charge on any atom is -0.326 e. The van der Waals surface area contributed by atoms with Crippen LogP contribution in [0, 0.1) is 5.41 Å². The lowest BCUT2D eigenvalue weighted by Crippen LogP contribution is -2.38. The maximum absolute atomic E-state index is 12.7. The van der Waals surface area contributed by atoms with Crippen LogP contribution in [0.15, 0.2) is 34.9 Å². The van der Waals surface area contributed by atoms with Gasteiger partial charge in [0.05, 0.1) is 11.3 Å². The van der Waals surface area contributed by atoms with Gasteiger partial charge in [-0.05, 0) is 29.3 Å². The Labute approximate surface area is 177 Å². The van der Waals surface area contributed by atoms with E-state index in [1.54, 1.807) is 51.2 Å². The van der Waals surface area contributed by atoms with Crippen LogP contribution in [0.3, 0.4) is 0 Å². The largest absolute Gasteiger partial charge is 0.326 e. The number of hydrazine groups is 1. The van der Waals surface area contributed by atoms with E-state index in [1.807, 2.05) is 0 Å². The highest BCUT2D eigenvalue weighted by Gasteiger charge is 2.25. The molecule has 0 aliphatic heterocycles. The molecule has 28 heavy (non-hydrogen) atoms.